The van der Waals surface area contributed by atoms with E-state index in [0.29, 0.717) is 19.4 Å². The summed E-state index contributed by atoms with van der Waals surface area (Å²) in [5.74, 6) is -2.78. The minimum Gasteiger partial charge on any atom is -0.389 e. The van der Waals surface area contributed by atoms with Crippen molar-refractivity contribution in [2.24, 2.45) is 17.8 Å². The Morgan fingerprint density at radius 1 is 1.21 bits per heavy atom. The molecule has 2 aliphatic heterocycles. The lowest BCUT2D eigenvalue weighted by molar-refractivity contribution is -0.136. The number of alkyl halides is 3. The zero-order valence-electron chi connectivity index (χ0n) is 20.8. The van der Waals surface area contributed by atoms with E-state index in [0.717, 1.165) is 25.0 Å². The Bertz CT molecular complexity index is 1330. The minimum atomic E-state index is -4.68. The molecule has 13 heteroatoms. The number of fused-ring (bicyclic) bond motifs is 2. The Morgan fingerprint density at radius 3 is 2.64 bits per heavy atom. The number of amides is 3. The highest BCUT2D eigenvalue weighted by atomic mass is 35.5. The molecule has 3 amide bonds. The fourth-order valence-corrected chi connectivity index (χ4v) is 6.55. The first kappa shape index (κ1) is 27.4. The van der Waals surface area contributed by atoms with Crippen molar-refractivity contribution in [2.45, 2.75) is 50.4 Å². The van der Waals surface area contributed by atoms with Gasteiger partial charge >= 0.3 is 6.18 Å². The second-order valence-corrected chi connectivity index (χ2v) is 10.9. The van der Waals surface area contributed by atoms with Gasteiger partial charge in [-0.25, -0.2) is 0 Å². The van der Waals surface area contributed by atoms with E-state index in [1.165, 1.54) is 11.0 Å². The summed E-state index contributed by atoms with van der Waals surface area (Å²) >= 11 is 6.14. The topological polar surface area (TPSA) is 132 Å². The third kappa shape index (κ3) is 5.11. The number of ketones is 1. The highest BCUT2D eigenvalue weighted by Gasteiger charge is 2.50. The van der Waals surface area contributed by atoms with Gasteiger partial charge in [0.05, 0.1) is 17.1 Å². The number of benzene rings is 1. The Hall–Kier alpha value is -3.12. The number of hydrogen-bond donors (Lipinski definition) is 4. The number of rotatable bonds is 7. The molecule has 0 bridgehead atoms. The molecule has 210 valence electrons. The first-order valence-electron chi connectivity index (χ1n) is 12.9. The van der Waals surface area contributed by atoms with E-state index in [-0.39, 0.29) is 52.3 Å². The predicted octanol–water partition coefficient (Wildman–Crippen LogP) is 2.65. The Balaban J connectivity index is 1.43. The smallest absolute Gasteiger partial charge is 0.389 e. The Morgan fingerprint density at radius 2 is 1.97 bits per heavy atom. The lowest BCUT2D eigenvalue weighted by Gasteiger charge is -2.29. The van der Waals surface area contributed by atoms with E-state index < -0.39 is 53.9 Å². The van der Waals surface area contributed by atoms with Crippen LogP contribution in [0.15, 0.2) is 18.2 Å². The number of H-pyrrole nitrogens is 1. The first-order chi connectivity index (χ1) is 18.5. The highest BCUT2D eigenvalue weighted by molar-refractivity contribution is 6.35. The molecule has 3 fully saturated rings. The number of halogens is 4. The van der Waals surface area contributed by atoms with Gasteiger partial charge in [0.1, 0.15) is 18.3 Å². The number of nitrogens with zero attached hydrogens (tertiary/aromatic N) is 1. The van der Waals surface area contributed by atoms with Crippen LogP contribution in [0.25, 0.3) is 10.9 Å². The van der Waals surface area contributed by atoms with Crippen LogP contribution in [-0.4, -0.2) is 70.3 Å². The molecule has 2 aromatic rings. The van der Waals surface area contributed by atoms with Gasteiger partial charge < -0.3 is 25.6 Å². The monoisotopic (exact) mass is 568 g/mol. The number of carbonyl (C=O) groups excluding carboxylic acids is 4. The molecule has 1 aliphatic carbocycles. The number of aromatic amines is 1. The van der Waals surface area contributed by atoms with Gasteiger partial charge in [-0.2, -0.15) is 13.2 Å². The molecule has 9 nitrogen and oxygen atoms in total. The molecule has 1 saturated carbocycles. The van der Waals surface area contributed by atoms with Crippen molar-refractivity contribution in [3.05, 3.63) is 34.5 Å². The fourth-order valence-electron chi connectivity index (χ4n) is 6.33. The normalized spacial score (nSPS) is 25.6. The van der Waals surface area contributed by atoms with Gasteiger partial charge in [-0.3, -0.25) is 19.2 Å². The molecule has 2 saturated heterocycles. The van der Waals surface area contributed by atoms with Crippen LogP contribution in [0.2, 0.25) is 5.02 Å². The molecule has 3 heterocycles. The number of carbonyl (C=O) groups is 4. The van der Waals surface area contributed by atoms with E-state index in [1.54, 1.807) is 0 Å². The van der Waals surface area contributed by atoms with Crippen molar-refractivity contribution in [2.75, 3.05) is 19.7 Å². The average Bonchev–Trinajstić information content (AvgIpc) is 3.66. The maximum absolute atomic E-state index is 13.7. The molecule has 3 aliphatic rings. The summed E-state index contributed by atoms with van der Waals surface area (Å²) < 4.78 is 40.8. The molecule has 0 spiro atoms. The highest BCUT2D eigenvalue weighted by Crippen LogP contribution is 2.43. The van der Waals surface area contributed by atoms with Gasteiger partial charge in [0.2, 0.25) is 11.8 Å². The van der Waals surface area contributed by atoms with Crippen LogP contribution in [0.3, 0.4) is 0 Å². The molecule has 0 unspecified atom stereocenters. The zero-order valence-corrected chi connectivity index (χ0v) is 21.6. The summed E-state index contributed by atoms with van der Waals surface area (Å²) in [5.41, 5.74) is -1.41. The first-order valence-corrected chi connectivity index (χ1v) is 13.3. The van der Waals surface area contributed by atoms with E-state index in [9.17, 15) is 37.5 Å². The van der Waals surface area contributed by atoms with Crippen LogP contribution >= 0.6 is 11.6 Å². The summed E-state index contributed by atoms with van der Waals surface area (Å²) in [5, 5.41) is 14.9. The van der Waals surface area contributed by atoms with Gasteiger partial charge in [-0.05, 0) is 55.7 Å². The van der Waals surface area contributed by atoms with Crippen molar-refractivity contribution in [3.8, 4) is 0 Å². The van der Waals surface area contributed by atoms with Crippen LogP contribution in [-0.2, 0) is 20.6 Å². The largest absolute Gasteiger partial charge is 0.418 e. The van der Waals surface area contributed by atoms with Crippen molar-refractivity contribution >= 4 is 46.0 Å². The number of nitrogens with one attached hydrogen (secondary N) is 3. The lowest BCUT2D eigenvalue weighted by atomic mass is 9.92. The SMILES string of the molecule is O=C1NCC[C@H]1C[C@H](NC(=O)[C@@H]1[C@H]2CCC[C@H]2CN1C(=O)c1cc2c(Cl)ccc(C(F)(F)F)c2[nH]1)C(=O)CO. The molecule has 5 rings (SSSR count). The molecule has 1 aromatic carbocycles. The number of aliphatic hydroxyl groups is 1. The molecular formula is C26H28ClF3N4O5. The number of hydrogen-bond acceptors (Lipinski definition) is 5. The van der Waals surface area contributed by atoms with Gasteiger partial charge in [0.25, 0.3) is 5.91 Å². The summed E-state index contributed by atoms with van der Waals surface area (Å²) in [6.07, 6.45) is -1.84. The second kappa shape index (κ2) is 10.5. The van der Waals surface area contributed by atoms with Crippen molar-refractivity contribution in [1.82, 2.24) is 20.5 Å². The van der Waals surface area contributed by atoms with E-state index in [1.807, 2.05) is 0 Å². The van der Waals surface area contributed by atoms with Crippen LogP contribution in [0.1, 0.15) is 48.2 Å². The van der Waals surface area contributed by atoms with Crippen molar-refractivity contribution in [3.63, 3.8) is 0 Å². The predicted molar refractivity (Wildman–Crippen MR) is 134 cm³/mol. The van der Waals surface area contributed by atoms with Gasteiger partial charge in [-0.15, -0.1) is 0 Å². The fraction of sp³-hybridized carbons (Fsp3) is 0.538. The van der Waals surface area contributed by atoms with Crippen LogP contribution < -0.4 is 10.6 Å². The number of aliphatic hydroxyl groups excluding tert-OH is 1. The van der Waals surface area contributed by atoms with Crippen LogP contribution in [0.5, 0.6) is 0 Å². The molecule has 0 radical (unpaired) electrons. The summed E-state index contributed by atoms with van der Waals surface area (Å²) in [7, 11) is 0. The third-order valence-electron chi connectivity index (χ3n) is 8.24. The maximum atomic E-state index is 13.7. The third-order valence-corrected chi connectivity index (χ3v) is 8.57. The molecule has 39 heavy (non-hydrogen) atoms. The standard InChI is InChI=1S/C26H28ClF3N4O5/c27-17-5-4-16(26(28,29)30)21-15(17)9-19(32-21)25(39)34-10-13-2-1-3-14(13)22(34)24(38)33-18(20(36)11-35)8-12-6-7-31-23(12)37/h4-5,9,12-14,18,22,32,35H,1-3,6-8,10-11H2,(H,31,37)(H,33,38)/t12-,13-,14-,18-,22-/m0/s1. The van der Waals surface area contributed by atoms with Gasteiger partial charge in [0.15, 0.2) is 5.78 Å². The van der Waals surface area contributed by atoms with Crippen molar-refractivity contribution in [1.29, 1.82) is 0 Å². The quantitative estimate of drug-likeness (QED) is 0.408. The number of Topliss-reactive ketones (excluding diaryl/α,β-unsaturated/α-hetero) is 1. The van der Waals surface area contributed by atoms with E-state index in [4.69, 9.17) is 11.6 Å². The lowest BCUT2D eigenvalue weighted by Crippen LogP contribution is -2.53. The Kier molecular flexibility index (Phi) is 7.36. The number of likely N-dealkylation sites (tertiary alicyclic amines) is 1. The van der Waals surface area contributed by atoms with Crippen LogP contribution in [0, 0.1) is 17.8 Å². The molecular weight excluding hydrogens is 541 g/mol. The Labute approximate surface area is 226 Å². The second-order valence-electron chi connectivity index (χ2n) is 10.5. The zero-order chi connectivity index (χ0) is 28.1. The molecule has 1 aromatic heterocycles. The number of aromatic nitrogens is 1. The van der Waals surface area contributed by atoms with Crippen molar-refractivity contribution < 1.29 is 37.5 Å². The minimum absolute atomic E-state index is 0.0203. The summed E-state index contributed by atoms with van der Waals surface area (Å²) in [4.78, 5) is 55.7. The summed E-state index contributed by atoms with van der Waals surface area (Å²) in [6, 6.07) is 1.15. The molecule has 5 atom stereocenters. The van der Waals surface area contributed by atoms with Gasteiger partial charge in [-0.1, -0.05) is 18.0 Å². The van der Waals surface area contributed by atoms with Gasteiger partial charge in [0, 0.05) is 29.4 Å². The maximum Gasteiger partial charge on any atom is 0.418 e. The molecule has 4 N–H and O–H groups in total. The van der Waals surface area contributed by atoms with E-state index in [2.05, 4.69) is 15.6 Å². The van der Waals surface area contributed by atoms with Crippen LogP contribution in [0.4, 0.5) is 13.2 Å². The average molecular weight is 569 g/mol. The van der Waals surface area contributed by atoms with E-state index >= 15 is 0 Å². The summed E-state index contributed by atoms with van der Waals surface area (Å²) in [6.45, 7) is -0.132.